The lowest BCUT2D eigenvalue weighted by atomic mass is 9.89. The standard InChI is InChI=1S/C43H46N6O7S/c44-42(45)46-24-12-17-31(39(51)40-47-34-20-10-11-21-38(34)56-40)25-37(50)36-26-33(57(54)32-18-8-3-9-19-32)27-49(36)41(52)35(23-22-29-13-4-1-5-14-29)48-43(53)55-28-30-15-6-2-7-16-30/h1-11,13-16,18-21,31,33,35-36H,12,17,22-28H2,(H,48,53)(H4,44,45,46)/t31-,33-,35-,36+,57?/m1/s1. The Kier molecular flexibility index (Phi) is 14.0. The molecule has 2 heterocycles. The number of benzene rings is 4. The van der Waals surface area contributed by atoms with Crippen molar-refractivity contribution >= 4 is 51.4 Å². The summed E-state index contributed by atoms with van der Waals surface area (Å²) in [5, 5.41) is 2.16. The summed E-state index contributed by atoms with van der Waals surface area (Å²) in [6, 6.07) is 32.4. The fourth-order valence-electron chi connectivity index (χ4n) is 6.97. The summed E-state index contributed by atoms with van der Waals surface area (Å²) in [5.41, 5.74) is 13.7. The van der Waals surface area contributed by atoms with Gasteiger partial charge in [-0.1, -0.05) is 91.0 Å². The maximum absolute atomic E-state index is 14.7. The second kappa shape index (κ2) is 19.6. The Bertz CT molecular complexity index is 2160. The summed E-state index contributed by atoms with van der Waals surface area (Å²) in [6.07, 6.45) is 0.311. The van der Waals surface area contributed by atoms with Crippen LogP contribution in [-0.4, -0.2) is 74.0 Å². The first-order valence-corrected chi connectivity index (χ1v) is 20.1. The Balaban J connectivity index is 1.27. The molecule has 5 aromatic rings. The maximum Gasteiger partial charge on any atom is 0.408 e. The fourth-order valence-corrected chi connectivity index (χ4v) is 8.43. The van der Waals surface area contributed by atoms with Gasteiger partial charge in [-0.25, -0.2) is 9.78 Å². The van der Waals surface area contributed by atoms with E-state index in [0.717, 1.165) is 11.1 Å². The SMILES string of the molecule is NC(N)=NCCC[C@H](CC(=O)[C@@H]1C[C@@H](S(=O)c2ccccc2)CN1C(=O)[C@@H](CCc1ccccc1)NC(=O)OCc1ccccc1)C(=O)c1nc2ccccc2o1. The Hall–Kier alpha value is -6.15. The van der Waals surface area contributed by atoms with E-state index in [0.29, 0.717) is 28.8 Å². The Morgan fingerprint density at radius 2 is 1.53 bits per heavy atom. The molecule has 0 radical (unpaired) electrons. The van der Waals surface area contributed by atoms with Crippen molar-refractivity contribution in [2.75, 3.05) is 13.1 Å². The Labute approximate surface area is 333 Å². The smallest absolute Gasteiger partial charge is 0.408 e. The molecular formula is C43H46N6O7S. The van der Waals surface area contributed by atoms with Crippen molar-refractivity contribution in [3.05, 3.63) is 132 Å². The number of nitrogens with zero attached hydrogens (tertiary/aromatic N) is 3. The molecule has 57 heavy (non-hydrogen) atoms. The highest BCUT2D eigenvalue weighted by atomic mass is 32.2. The molecule has 6 rings (SSSR count). The van der Waals surface area contributed by atoms with Crippen LogP contribution in [0.25, 0.3) is 11.1 Å². The van der Waals surface area contributed by atoms with Gasteiger partial charge in [-0.2, -0.15) is 0 Å². The van der Waals surface area contributed by atoms with Gasteiger partial charge in [-0.3, -0.25) is 23.6 Å². The molecule has 1 aliphatic rings. The van der Waals surface area contributed by atoms with Gasteiger partial charge in [0.2, 0.25) is 11.7 Å². The number of rotatable bonds is 18. The first-order valence-electron chi connectivity index (χ1n) is 18.9. The number of aromatic nitrogens is 1. The molecule has 14 heteroatoms. The lowest BCUT2D eigenvalue weighted by Gasteiger charge is -2.29. The Morgan fingerprint density at radius 3 is 2.21 bits per heavy atom. The number of carbonyl (C=O) groups excluding carboxylic acids is 4. The minimum Gasteiger partial charge on any atom is -0.445 e. The number of ether oxygens (including phenoxy) is 1. The number of guanidine groups is 1. The maximum atomic E-state index is 14.7. The van der Waals surface area contributed by atoms with Crippen LogP contribution in [0.1, 0.15) is 53.9 Å². The first-order chi connectivity index (χ1) is 27.7. The quantitative estimate of drug-likeness (QED) is 0.0450. The van der Waals surface area contributed by atoms with Gasteiger partial charge >= 0.3 is 6.09 Å². The summed E-state index contributed by atoms with van der Waals surface area (Å²) in [6.45, 7) is 0.219. The fraction of sp³-hybridized carbons (Fsp3) is 0.302. The van der Waals surface area contributed by atoms with Gasteiger partial charge in [0.05, 0.1) is 22.1 Å². The minimum absolute atomic E-state index is 0.00604. The van der Waals surface area contributed by atoms with Crippen LogP contribution < -0.4 is 16.8 Å². The van der Waals surface area contributed by atoms with Crippen molar-refractivity contribution in [3.63, 3.8) is 0 Å². The van der Waals surface area contributed by atoms with E-state index in [2.05, 4.69) is 15.3 Å². The zero-order valence-electron chi connectivity index (χ0n) is 31.4. The number of carbonyl (C=O) groups is 4. The van der Waals surface area contributed by atoms with Gasteiger partial charge in [0.15, 0.2) is 17.3 Å². The molecule has 2 amide bonds. The van der Waals surface area contributed by atoms with Crippen LogP contribution >= 0.6 is 0 Å². The van der Waals surface area contributed by atoms with Crippen LogP contribution in [0.15, 0.2) is 130 Å². The number of fused-ring (bicyclic) bond motifs is 1. The van der Waals surface area contributed by atoms with Crippen molar-refractivity contribution in [3.8, 4) is 0 Å². The molecule has 1 fully saturated rings. The van der Waals surface area contributed by atoms with E-state index in [4.69, 9.17) is 20.6 Å². The van der Waals surface area contributed by atoms with Gasteiger partial charge in [-0.05, 0) is 67.5 Å². The van der Waals surface area contributed by atoms with Crippen molar-refractivity contribution in [1.82, 2.24) is 15.2 Å². The molecule has 5 atom stereocenters. The van der Waals surface area contributed by atoms with E-state index < -0.39 is 51.8 Å². The molecule has 1 aromatic heterocycles. The lowest BCUT2D eigenvalue weighted by molar-refractivity contribution is -0.139. The van der Waals surface area contributed by atoms with E-state index in [1.807, 2.05) is 66.7 Å². The molecule has 296 valence electrons. The second-order valence-corrected chi connectivity index (χ2v) is 15.7. The molecule has 13 nitrogen and oxygen atoms in total. The molecular weight excluding hydrogens is 745 g/mol. The topological polar surface area (TPSA) is 200 Å². The average molecular weight is 791 g/mol. The summed E-state index contributed by atoms with van der Waals surface area (Å²) < 4.78 is 25.3. The van der Waals surface area contributed by atoms with Gasteiger partial charge in [0.25, 0.3) is 5.89 Å². The number of amides is 2. The van der Waals surface area contributed by atoms with E-state index in [9.17, 15) is 23.4 Å². The summed E-state index contributed by atoms with van der Waals surface area (Å²) >= 11 is 0. The number of nitrogens with one attached hydrogen (secondary N) is 1. The monoisotopic (exact) mass is 790 g/mol. The highest BCUT2D eigenvalue weighted by molar-refractivity contribution is 7.85. The average Bonchev–Trinajstić information content (AvgIpc) is 3.89. The number of hydrogen-bond acceptors (Lipinski definition) is 9. The largest absolute Gasteiger partial charge is 0.445 e. The van der Waals surface area contributed by atoms with Gasteiger partial charge < -0.3 is 30.8 Å². The van der Waals surface area contributed by atoms with Crippen molar-refractivity contribution in [2.24, 2.45) is 22.4 Å². The van der Waals surface area contributed by atoms with Gasteiger partial charge in [0, 0.05) is 30.3 Å². The van der Waals surface area contributed by atoms with Crippen molar-refractivity contribution in [1.29, 1.82) is 0 Å². The number of likely N-dealkylation sites (tertiary alicyclic amines) is 1. The van der Waals surface area contributed by atoms with Crippen molar-refractivity contribution < 1.29 is 32.5 Å². The van der Waals surface area contributed by atoms with E-state index in [1.54, 1.807) is 48.5 Å². The van der Waals surface area contributed by atoms with Crippen LogP contribution in [0.4, 0.5) is 4.79 Å². The summed E-state index contributed by atoms with van der Waals surface area (Å²) in [4.78, 5) is 66.8. The predicted octanol–water partition coefficient (Wildman–Crippen LogP) is 5.34. The number of hydrogen-bond donors (Lipinski definition) is 3. The molecule has 0 saturated carbocycles. The predicted molar refractivity (Wildman–Crippen MR) is 216 cm³/mol. The normalized spacial score (nSPS) is 16.7. The molecule has 4 aromatic carbocycles. The number of alkyl carbamates (subject to hydrolysis) is 1. The minimum atomic E-state index is -1.57. The third-order valence-electron chi connectivity index (χ3n) is 9.89. The Morgan fingerprint density at radius 1 is 0.877 bits per heavy atom. The highest BCUT2D eigenvalue weighted by Crippen LogP contribution is 2.31. The lowest BCUT2D eigenvalue weighted by Crippen LogP contribution is -2.52. The summed E-state index contributed by atoms with van der Waals surface area (Å²) in [7, 11) is -1.57. The van der Waals surface area contributed by atoms with Crippen LogP contribution in [0, 0.1) is 5.92 Å². The van der Waals surface area contributed by atoms with Gasteiger partial charge in [0.1, 0.15) is 18.2 Å². The van der Waals surface area contributed by atoms with E-state index in [-0.39, 0.29) is 63.0 Å². The second-order valence-electron chi connectivity index (χ2n) is 13.9. The number of para-hydroxylation sites is 2. The molecule has 0 aliphatic carbocycles. The number of aryl methyl sites for hydroxylation is 1. The number of Topliss-reactive ketones (excluding diaryl/α,β-unsaturated/α-hetero) is 2. The van der Waals surface area contributed by atoms with E-state index >= 15 is 0 Å². The zero-order chi connectivity index (χ0) is 40.1. The van der Waals surface area contributed by atoms with Crippen LogP contribution in [0.2, 0.25) is 0 Å². The van der Waals surface area contributed by atoms with Crippen LogP contribution in [0.5, 0.6) is 0 Å². The van der Waals surface area contributed by atoms with Gasteiger partial charge in [-0.15, -0.1) is 0 Å². The molecule has 1 saturated heterocycles. The molecule has 0 spiro atoms. The molecule has 5 N–H and O–H groups in total. The van der Waals surface area contributed by atoms with E-state index in [1.165, 1.54) is 4.90 Å². The first kappa shape index (κ1) is 40.5. The highest BCUT2D eigenvalue weighted by Gasteiger charge is 2.45. The molecule has 1 aliphatic heterocycles. The van der Waals surface area contributed by atoms with Crippen LogP contribution in [-0.2, 0) is 38.2 Å². The number of nitrogens with two attached hydrogens (primary N) is 2. The van der Waals surface area contributed by atoms with Crippen molar-refractivity contribution in [2.45, 2.75) is 67.4 Å². The van der Waals surface area contributed by atoms with Crippen LogP contribution in [0.3, 0.4) is 0 Å². The number of aliphatic imine (C=N–C) groups is 1. The molecule has 0 bridgehead atoms. The zero-order valence-corrected chi connectivity index (χ0v) is 32.2. The summed E-state index contributed by atoms with van der Waals surface area (Å²) in [5.74, 6) is -2.46. The molecule has 1 unspecified atom stereocenters. The number of ketones is 2. The third-order valence-corrected chi connectivity index (χ3v) is 11.6. The number of oxazole rings is 1. The third kappa shape index (κ3) is 11.0.